The molecular formula is C22H38O. The molecule has 0 aliphatic carbocycles. The Morgan fingerprint density at radius 3 is 0.913 bits per heavy atom. The number of hydrogen-bond donors (Lipinski definition) is 0. The van der Waals surface area contributed by atoms with E-state index >= 15 is 0 Å². The Bertz CT molecular complexity index is 342. The Labute approximate surface area is 145 Å². The molecule has 0 bridgehead atoms. The van der Waals surface area contributed by atoms with Crippen LogP contribution in [0.25, 0.3) is 0 Å². The Hall–Kier alpha value is -1.60. The predicted molar refractivity (Wildman–Crippen MR) is 107 cm³/mol. The van der Waals surface area contributed by atoms with E-state index in [-0.39, 0.29) is 0 Å². The van der Waals surface area contributed by atoms with E-state index in [1.807, 2.05) is 39.8 Å². The van der Waals surface area contributed by atoms with Gasteiger partial charge in [-0.25, -0.2) is 0 Å². The maximum absolute atomic E-state index is 4.25. The summed E-state index contributed by atoms with van der Waals surface area (Å²) >= 11 is 0. The second-order valence-corrected chi connectivity index (χ2v) is 4.09. The second-order valence-electron chi connectivity index (χ2n) is 4.09. The molecule has 2 rings (SSSR count). The second kappa shape index (κ2) is 25.4. The van der Waals surface area contributed by atoms with E-state index < -0.39 is 0 Å². The summed E-state index contributed by atoms with van der Waals surface area (Å²) in [5.74, 6) is 0. The third-order valence-corrected chi connectivity index (χ3v) is 2.50. The lowest BCUT2D eigenvalue weighted by atomic mass is 10.2. The van der Waals surface area contributed by atoms with Crippen molar-refractivity contribution in [3.05, 3.63) is 71.8 Å². The summed E-state index contributed by atoms with van der Waals surface area (Å²) in [5.41, 5.74) is 2.82. The van der Waals surface area contributed by atoms with Crippen LogP contribution in [0.1, 0.15) is 52.7 Å². The van der Waals surface area contributed by atoms with E-state index in [9.17, 15) is 0 Å². The maximum atomic E-state index is 4.25. The molecule has 2 aromatic carbocycles. The molecule has 0 fully saturated rings. The topological polar surface area (TPSA) is 9.23 Å². The maximum Gasteiger partial charge on any atom is 0.0351 e. The molecule has 0 unspecified atom stereocenters. The van der Waals surface area contributed by atoms with E-state index in [4.69, 9.17) is 0 Å². The van der Waals surface area contributed by atoms with Crippen molar-refractivity contribution in [2.75, 3.05) is 14.2 Å². The molecule has 0 radical (unpaired) electrons. The molecule has 0 aromatic heterocycles. The fraction of sp³-hybridized carbons (Fsp3) is 0.455. The fourth-order valence-corrected chi connectivity index (χ4v) is 1.43. The van der Waals surface area contributed by atoms with Crippen molar-refractivity contribution in [1.29, 1.82) is 0 Å². The number of benzene rings is 2. The molecule has 2 aromatic rings. The lowest BCUT2D eigenvalue weighted by molar-refractivity contribution is 0.277. The molecule has 0 saturated heterocycles. The summed E-state index contributed by atoms with van der Waals surface area (Å²) in [6.07, 6.45) is 2.28. The lowest BCUT2D eigenvalue weighted by Crippen LogP contribution is -1.73. The van der Waals surface area contributed by atoms with Crippen LogP contribution in [0.4, 0.5) is 0 Å². The Morgan fingerprint density at radius 2 is 0.783 bits per heavy atom. The highest BCUT2D eigenvalue weighted by molar-refractivity contribution is 5.14. The molecule has 1 heteroatoms. The third kappa shape index (κ3) is 20.4. The number of aryl methyl sites for hydroxylation is 2. The number of ether oxygens (including phenoxy) is 1. The van der Waals surface area contributed by atoms with Gasteiger partial charge < -0.3 is 4.74 Å². The summed E-state index contributed by atoms with van der Waals surface area (Å²) in [5, 5.41) is 0. The molecule has 0 heterocycles. The van der Waals surface area contributed by atoms with Gasteiger partial charge in [0, 0.05) is 14.2 Å². The molecule has 0 aliphatic heterocycles. The van der Waals surface area contributed by atoms with Crippen LogP contribution in [0.2, 0.25) is 0 Å². The van der Waals surface area contributed by atoms with E-state index in [0.717, 1.165) is 12.8 Å². The number of methoxy groups -OCH3 is 1. The summed E-state index contributed by atoms with van der Waals surface area (Å²) in [4.78, 5) is 0. The van der Waals surface area contributed by atoms with Crippen LogP contribution in [-0.2, 0) is 17.6 Å². The van der Waals surface area contributed by atoms with Crippen molar-refractivity contribution in [1.82, 2.24) is 0 Å². The third-order valence-electron chi connectivity index (χ3n) is 2.50. The molecule has 0 amide bonds. The van der Waals surface area contributed by atoms with Gasteiger partial charge >= 0.3 is 0 Å². The first-order valence-corrected chi connectivity index (χ1v) is 8.76. The van der Waals surface area contributed by atoms with Crippen molar-refractivity contribution in [2.24, 2.45) is 0 Å². The molecule has 1 nitrogen and oxygen atoms in total. The van der Waals surface area contributed by atoms with Crippen molar-refractivity contribution < 1.29 is 4.74 Å². The number of rotatable bonds is 2. The molecular weight excluding hydrogens is 280 g/mol. The van der Waals surface area contributed by atoms with Crippen LogP contribution in [0.15, 0.2) is 60.7 Å². The first kappa shape index (κ1) is 26.3. The molecule has 0 aliphatic rings. The zero-order valence-electron chi connectivity index (χ0n) is 16.6. The first-order valence-electron chi connectivity index (χ1n) is 8.76. The highest BCUT2D eigenvalue weighted by atomic mass is 16.4. The van der Waals surface area contributed by atoms with Crippen LogP contribution in [0, 0.1) is 0 Å². The van der Waals surface area contributed by atoms with E-state index in [0.29, 0.717) is 0 Å². The quantitative estimate of drug-likeness (QED) is 0.590. The number of hydrogen-bond acceptors (Lipinski definition) is 1. The molecule has 0 spiro atoms. The van der Waals surface area contributed by atoms with Gasteiger partial charge in [-0.1, -0.05) is 102 Å². The molecule has 132 valence electrons. The molecule has 0 saturated carbocycles. The van der Waals surface area contributed by atoms with Crippen molar-refractivity contribution in [3.8, 4) is 0 Å². The molecule has 23 heavy (non-hydrogen) atoms. The highest BCUT2D eigenvalue weighted by Crippen LogP contribution is 1.97. The minimum absolute atomic E-state index is 1.14. The summed E-state index contributed by atoms with van der Waals surface area (Å²) in [6.45, 7) is 12.3. The van der Waals surface area contributed by atoms with Gasteiger partial charge in [-0.3, -0.25) is 0 Å². The van der Waals surface area contributed by atoms with Crippen molar-refractivity contribution >= 4 is 0 Å². The van der Waals surface area contributed by atoms with E-state index in [1.54, 1.807) is 14.2 Å². The Balaban J connectivity index is -0.000000252. The SMILES string of the molecule is CC.CC.CCc1ccccc1.CCc1ccccc1.COC. The molecule has 0 atom stereocenters. The fourth-order valence-electron chi connectivity index (χ4n) is 1.43. The Kier molecular flexibility index (Phi) is 29.0. The van der Waals surface area contributed by atoms with E-state index in [1.165, 1.54) is 11.1 Å². The van der Waals surface area contributed by atoms with Gasteiger partial charge in [-0.2, -0.15) is 0 Å². The van der Waals surface area contributed by atoms with Gasteiger partial charge in [0.05, 0.1) is 0 Å². The van der Waals surface area contributed by atoms with Crippen LogP contribution >= 0.6 is 0 Å². The zero-order valence-corrected chi connectivity index (χ0v) is 16.6. The zero-order chi connectivity index (χ0) is 18.3. The summed E-state index contributed by atoms with van der Waals surface area (Å²) in [6, 6.07) is 20.9. The average Bonchev–Trinajstić information content (AvgIpc) is 2.67. The van der Waals surface area contributed by atoms with Gasteiger partial charge in [-0.05, 0) is 24.0 Å². The first-order chi connectivity index (χ1) is 11.3. The van der Waals surface area contributed by atoms with Crippen LogP contribution in [0.5, 0.6) is 0 Å². The minimum atomic E-state index is 1.14. The molecule has 0 N–H and O–H groups in total. The smallest absolute Gasteiger partial charge is 0.0351 e. The summed E-state index contributed by atoms with van der Waals surface area (Å²) in [7, 11) is 3.25. The van der Waals surface area contributed by atoms with Crippen molar-refractivity contribution in [3.63, 3.8) is 0 Å². The predicted octanol–water partition coefficient (Wildman–Crippen LogP) is 6.81. The van der Waals surface area contributed by atoms with Crippen LogP contribution in [0.3, 0.4) is 0 Å². The lowest BCUT2D eigenvalue weighted by Gasteiger charge is -1.89. The van der Waals surface area contributed by atoms with Gasteiger partial charge in [0.2, 0.25) is 0 Å². The highest BCUT2D eigenvalue weighted by Gasteiger charge is 1.80. The van der Waals surface area contributed by atoms with Gasteiger partial charge in [0.25, 0.3) is 0 Å². The van der Waals surface area contributed by atoms with Crippen LogP contribution < -0.4 is 0 Å². The van der Waals surface area contributed by atoms with Gasteiger partial charge in [0.15, 0.2) is 0 Å². The summed E-state index contributed by atoms with van der Waals surface area (Å²) < 4.78 is 4.25. The average molecular weight is 319 g/mol. The minimum Gasteiger partial charge on any atom is -0.388 e. The monoisotopic (exact) mass is 318 g/mol. The Morgan fingerprint density at radius 1 is 0.565 bits per heavy atom. The van der Waals surface area contributed by atoms with Crippen LogP contribution in [-0.4, -0.2) is 14.2 Å². The van der Waals surface area contributed by atoms with Crippen molar-refractivity contribution in [2.45, 2.75) is 54.4 Å². The van der Waals surface area contributed by atoms with Gasteiger partial charge in [0.1, 0.15) is 0 Å². The standard InChI is InChI=1S/2C8H10.C2H6O.2C2H6/c2*1-2-8-6-4-3-5-7-8;1-3-2;2*1-2/h2*3-7H,2H2,1H3;1-2H3;2*1-2H3. The van der Waals surface area contributed by atoms with E-state index in [2.05, 4.69) is 67.1 Å². The normalized spacial score (nSPS) is 7.65. The van der Waals surface area contributed by atoms with Gasteiger partial charge in [-0.15, -0.1) is 0 Å². The largest absolute Gasteiger partial charge is 0.388 e.